The molecule has 17 heavy (non-hydrogen) atoms. The summed E-state index contributed by atoms with van der Waals surface area (Å²) in [5.74, 6) is -0.959. The summed E-state index contributed by atoms with van der Waals surface area (Å²) in [5.41, 5.74) is 0. The van der Waals surface area contributed by atoms with E-state index < -0.39 is 22.4 Å². The quantitative estimate of drug-likeness (QED) is 0.794. The molecule has 1 saturated carbocycles. The fraction of sp³-hybridized carbons (Fsp3) is 0.500. The first-order chi connectivity index (χ1) is 8.16. The van der Waals surface area contributed by atoms with E-state index in [1.165, 1.54) is 18.9 Å². The van der Waals surface area contributed by atoms with Gasteiger partial charge in [-0.25, -0.2) is 8.78 Å². The third kappa shape index (κ3) is 3.85. The lowest BCUT2D eigenvalue weighted by Crippen LogP contribution is -2.19. The summed E-state index contributed by atoms with van der Waals surface area (Å²) < 4.78 is 37.7. The topological polar surface area (TPSA) is 29.1 Å². The van der Waals surface area contributed by atoms with Crippen molar-refractivity contribution in [3.63, 3.8) is 0 Å². The normalized spacial score (nSPS) is 17.1. The van der Waals surface area contributed by atoms with Gasteiger partial charge < -0.3 is 5.32 Å². The minimum atomic E-state index is -1.38. The Morgan fingerprint density at radius 1 is 1.35 bits per heavy atom. The van der Waals surface area contributed by atoms with Crippen molar-refractivity contribution in [3.8, 4) is 0 Å². The van der Waals surface area contributed by atoms with Gasteiger partial charge in [0.2, 0.25) is 0 Å². The third-order valence-corrected chi connectivity index (χ3v) is 4.14. The molecule has 1 unspecified atom stereocenters. The fourth-order valence-electron chi connectivity index (χ4n) is 1.57. The first kappa shape index (κ1) is 12.6. The molecule has 0 aliphatic heterocycles. The first-order valence-electron chi connectivity index (χ1n) is 5.73. The van der Waals surface area contributed by atoms with Crippen LogP contribution in [0.5, 0.6) is 0 Å². The second kappa shape index (κ2) is 5.69. The Morgan fingerprint density at radius 3 is 2.76 bits per heavy atom. The highest BCUT2D eigenvalue weighted by Crippen LogP contribution is 2.18. The second-order valence-electron chi connectivity index (χ2n) is 4.21. The van der Waals surface area contributed by atoms with E-state index in [0.717, 1.165) is 25.1 Å². The van der Waals surface area contributed by atoms with Crippen LogP contribution in [0.15, 0.2) is 23.1 Å². The zero-order chi connectivity index (χ0) is 12.3. The van der Waals surface area contributed by atoms with E-state index in [4.69, 9.17) is 0 Å². The minimum absolute atomic E-state index is 0.0952. The molecule has 1 aromatic carbocycles. The average Bonchev–Trinajstić information content (AvgIpc) is 3.08. The number of rotatable bonds is 6. The summed E-state index contributed by atoms with van der Waals surface area (Å²) in [6.45, 7) is 0.805. The molecule has 5 heteroatoms. The molecule has 0 radical (unpaired) electrons. The predicted molar refractivity (Wildman–Crippen MR) is 63.3 cm³/mol. The highest BCUT2D eigenvalue weighted by molar-refractivity contribution is 7.85. The highest BCUT2D eigenvalue weighted by Gasteiger charge is 2.19. The summed E-state index contributed by atoms with van der Waals surface area (Å²) in [6.07, 6.45) is 3.17. The predicted octanol–water partition coefficient (Wildman–Crippen LogP) is 2.21. The number of benzene rings is 1. The van der Waals surface area contributed by atoms with E-state index in [-0.39, 0.29) is 4.90 Å². The van der Waals surface area contributed by atoms with Crippen LogP contribution in [0.3, 0.4) is 0 Å². The summed E-state index contributed by atoms with van der Waals surface area (Å²) in [5, 5.41) is 3.30. The average molecular weight is 259 g/mol. The lowest BCUT2D eigenvalue weighted by molar-refractivity contribution is 0.562. The summed E-state index contributed by atoms with van der Waals surface area (Å²) in [7, 11) is -1.38. The van der Waals surface area contributed by atoms with Crippen molar-refractivity contribution >= 4 is 10.8 Å². The van der Waals surface area contributed by atoms with Crippen LogP contribution < -0.4 is 5.32 Å². The van der Waals surface area contributed by atoms with Gasteiger partial charge in [0, 0.05) is 17.9 Å². The molecule has 2 nitrogen and oxygen atoms in total. The molecule has 1 fully saturated rings. The van der Waals surface area contributed by atoms with Gasteiger partial charge in [-0.3, -0.25) is 4.21 Å². The summed E-state index contributed by atoms with van der Waals surface area (Å²) in [6, 6.07) is 3.80. The largest absolute Gasteiger partial charge is 0.314 e. The van der Waals surface area contributed by atoms with Gasteiger partial charge in [-0.2, -0.15) is 0 Å². The molecule has 0 aromatic heterocycles. The van der Waals surface area contributed by atoms with Crippen LogP contribution in [-0.2, 0) is 10.8 Å². The lowest BCUT2D eigenvalue weighted by Gasteiger charge is -2.04. The van der Waals surface area contributed by atoms with Gasteiger partial charge in [-0.1, -0.05) is 0 Å². The molecule has 0 spiro atoms. The van der Waals surface area contributed by atoms with Crippen LogP contribution >= 0.6 is 0 Å². The Kier molecular flexibility index (Phi) is 4.23. The van der Waals surface area contributed by atoms with Gasteiger partial charge in [0.25, 0.3) is 0 Å². The number of hydrogen-bond donors (Lipinski definition) is 1. The van der Waals surface area contributed by atoms with Gasteiger partial charge in [-0.05, 0) is 37.9 Å². The number of hydrogen-bond acceptors (Lipinski definition) is 2. The van der Waals surface area contributed by atoms with Crippen molar-refractivity contribution in [1.82, 2.24) is 5.32 Å². The molecule has 2 rings (SSSR count). The second-order valence-corrected chi connectivity index (χ2v) is 5.75. The molecule has 94 valence electrons. The van der Waals surface area contributed by atoms with E-state index in [9.17, 15) is 13.0 Å². The van der Waals surface area contributed by atoms with E-state index in [2.05, 4.69) is 5.32 Å². The van der Waals surface area contributed by atoms with Crippen molar-refractivity contribution in [2.45, 2.75) is 30.2 Å². The van der Waals surface area contributed by atoms with Crippen molar-refractivity contribution in [3.05, 3.63) is 29.8 Å². The molecule has 1 aliphatic rings. The Morgan fingerprint density at radius 2 is 2.12 bits per heavy atom. The standard InChI is InChI=1S/C12H15F2NOS/c13-9-2-5-12(11(14)8-9)17(16)7-1-6-15-10-3-4-10/h2,5,8,10,15H,1,3-4,6-7H2. The van der Waals surface area contributed by atoms with E-state index >= 15 is 0 Å². The van der Waals surface area contributed by atoms with Crippen LogP contribution in [0.4, 0.5) is 8.78 Å². The molecule has 0 heterocycles. The number of halogens is 2. The summed E-state index contributed by atoms with van der Waals surface area (Å²) >= 11 is 0. The zero-order valence-electron chi connectivity index (χ0n) is 9.42. The van der Waals surface area contributed by atoms with Crippen molar-refractivity contribution in [1.29, 1.82) is 0 Å². The molecular formula is C12H15F2NOS. The highest BCUT2D eigenvalue weighted by atomic mass is 32.2. The molecule has 1 atom stereocenters. The van der Waals surface area contributed by atoms with Gasteiger partial charge in [-0.15, -0.1) is 0 Å². The van der Waals surface area contributed by atoms with Crippen LogP contribution in [0.1, 0.15) is 19.3 Å². The molecule has 0 bridgehead atoms. The van der Waals surface area contributed by atoms with E-state index in [0.29, 0.717) is 11.8 Å². The molecule has 0 amide bonds. The van der Waals surface area contributed by atoms with Gasteiger partial charge in [0.1, 0.15) is 11.6 Å². The van der Waals surface area contributed by atoms with Gasteiger partial charge in [0.05, 0.1) is 15.7 Å². The van der Waals surface area contributed by atoms with Crippen molar-refractivity contribution in [2.75, 3.05) is 12.3 Å². The van der Waals surface area contributed by atoms with E-state index in [1.54, 1.807) is 0 Å². The Balaban J connectivity index is 1.81. The maximum absolute atomic E-state index is 13.3. The van der Waals surface area contributed by atoms with Gasteiger partial charge in [0.15, 0.2) is 0 Å². The van der Waals surface area contributed by atoms with Gasteiger partial charge >= 0.3 is 0 Å². The SMILES string of the molecule is O=S(CCCNC1CC1)c1ccc(F)cc1F. The Labute approximate surface area is 102 Å². The summed E-state index contributed by atoms with van der Waals surface area (Å²) in [4.78, 5) is 0.0952. The molecule has 1 aromatic rings. The third-order valence-electron chi connectivity index (χ3n) is 2.66. The molecule has 1 N–H and O–H groups in total. The van der Waals surface area contributed by atoms with Crippen LogP contribution in [-0.4, -0.2) is 22.5 Å². The van der Waals surface area contributed by atoms with Crippen molar-refractivity contribution < 1.29 is 13.0 Å². The van der Waals surface area contributed by atoms with Crippen LogP contribution in [0, 0.1) is 11.6 Å². The smallest absolute Gasteiger partial charge is 0.142 e. The minimum Gasteiger partial charge on any atom is -0.314 e. The monoisotopic (exact) mass is 259 g/mol. The lowest BCUT2D eigenvalue weighted by atomic mass is 10.3. The Bertz CT molecular complexity index is 421. The zero-order valence-corrected chi connectivity index (χ0v) is 10.2. The van der Waals surface area contributed by atoms with Crippen molar-refractivity contribution in [2.24, 2.45) is 0 Å². The maximum Gasteiger partial charge on any atom is 0.142 e. The van der Waals surface area contributed by atoms with E-state index in [1.807, 2.05) is 0 Å². The molecule has 0 saturated heterocycles. The molecule has 1 aliphatic carbocycles. The van der Waals surface area contributed by atoms with Crippen LogP contribution in [0.25, 0.3) is 0 Å². The fourth-order valence-corrected chi connectivity index (χ4v) is 2.69. The maximum atomic E-state index is 13.3. The first-order valence-corrected chi connectivity index (χ1v) is 7.05. The van der Waals surface area contributed by atoms with Crippen LogP contribution in [0.2, 0.25) is 0 Å². The Hall–Kier alpha value is -0.810. The number of nitrogens with one attached hydrogen (secondary N) is 1. The molecular weight excluding hydrogens is 244 g/mol.